The van der Waals surface area contributed by atoms with E-state index in [2.05, 4.69) is 43.6 Å². The second-order valence-electron chi connectivity index (χ2n) is 5.37. The molecular formula is C15H35N3OS. The van der Waals surface area contributed by atoms with Gasteiger partial charge >= 0.3 is 0 Å². The molecule has 1 aliphatic heterocycles. The fourth-order valence-electron chi connectivity index (χ4n) is 1.47. The van der Waals surface area contributed by atoms with Gasteiger partial charge in [-0.2, -0.15) is 11.8 Å². The summed E-state index contributed by atoms with van der Waals surface area (Å²) in [4.78, 5) is 10.2. The van der Waals surface area contributed by atoms with E-state index in [0.29, 0.717) is 18.0 Å². The molecule has 1 fully saturated rings. The first-order valence-electron chi connectivity index (χ1n) is 7.59. The van der Waals surface area contributed by atoms with Crippen LogP contribution in [0.4, 0.5) is 0 Å². The summed E-state index contributed by atoms with van der Waals surface area (Å²) < 4.78 is 0. The summed E-state index contributed by atoms with van der Waals surface area (Å²) in [6.07, 6.45) is 1.25. The lowest BCUT2D eigenvalue weighted by atomic mass is 10.2. The summed E-state index contributed by atoms with van der Waals surface area (Å²) in [5.74, 6) is 3.11. The molecule has 0 radical (unpaired) electrons. The van der Waals surface area contributed by atoms with Gasteiger partial charge in [-0.3, -0.25) is 4.79 Å². The van der Waals surface area contributed by atoms with E-state index in [4.69, 9.17) is 0 Å². The van der Waals surface area contributed by atoms with Crippen molar-refractivity contribution in [3.05, 3.63) is 0 Å². The average molecular weight is 306 g/mol. The van der Waals surface area contributed by atoms with Crippen LogP contribution in [0, 0.1) is 5.92 Å². The van der Waals surface area contributed by atoms with Gasteiger partial charge < -0.3 is 16.0 Å². The van der Waals surface area contributed by atoms with Gasteiger partial charge in [-0.25, -0.2) is 0 Å². The van der Waals surface area contributed by atoms with E-state index in [1.807, 2.05) is 25.9 Å². The van der Waals surface area contributed by atoms with Crippen molar-refractivity contribution in [2.24, 2.45) is 5.92 Å². The molecule has 1 rings (SSSR count). The lowest BCUT2D eigenvalue weighted by Gasteiger charge is -2.16. The van der Waals surface area contributed by atoms with Crippen molar-refractivity contribution in [2.45, 2.75) is 53.1 Å². The highest BCUT2D eigenvalue weighted by atomic mass is 32.2. The standard InChI is InChI=1S/C6H14N2S.C6H13NO.C3H8/c1-7-5-3-9-4-6(5)8-2;1-5(2)4-7-6(3)8;1-3-2/h5-8H,3-4H2,1-2H3;5H,4H2,1-3H3,(H,7,8);3H2,1-2H3/t5-,6?;;/m0../s1. The third kappa shape index (κ3) is 14.2. The van der Waals surface area contributed by atoms with Crippen LogP contribution in [0.15, 0.2) is 0 Å². The van der Waals surface area contributed by atoms with Crippen molar-refractivity contribution in [2.75, 3.05) is 32.1 Å². The summed E-state index contributed by atoms with van der Waals surface area (Å²) in [6.45, 7) is 10.7. The van der Waals surface area contributed by atoms with Gasteiger partial charge in [0, 0.05) is 37.1 Å². The molecule has 0 bridgehead atoms. The van der Waals surface area contributed by atoms with Crippen LogP contribution < -0.4 is 16.0 Å². The van der Waals surface area contributed by atoms with Crippen molar-refractivity contribution < 1.29 is 4.79 Å². The van der Waals surface area contributed by atoms with E-state index >= 15 is 0 Å². The van der Waals surface area contributed by atoms with Gasteiger partial charge in [0.15, 0.2) is 0 Å². The number of nitrogens with one attached hydrogen (secondary N) is 3. The first-order valence-corrected chi connectivity index (χ1v) is 8.74. The number of hydrogen-bond acceptors (Lipinski definition) is 4. The number of carbonyl (C=O) groups excluding carboxylic acids is 1. The Morgan fingerprint density at radius 2 is 1.55 bits per heavy atom. The maximum absolute atomic E-state index is 10.2. The second-order valence-corrected chi connectivity index (χ2v) is 6.44. The molecule has 20 heavy (non-hydrogen) atoms. The molecule has 0 aliphatic carbocycles. The van der Waals surface area contributed by atoms with Gasteiger partial charge in [0.25, 0.3) is 0 Å². The summed E-state index contributed by atoms with van der Waals surface area (Å²) >= 11 is 2.01. The predicted octanol–water partition coefficient (Wildman–Crippen LogP) is 2.10. The molecule has 1 amide bonds. The number of rotatable bonds is 4. The van der Waals surface area contributed by atoms with E-state index in [0.717, 1.165) is 6.54 Å². The molecule has 4 nitrogen and oxygen atoms in total. The molecule has 1 saturated heterocycles. The molecule has 0 aromatic rings. The summed E-state index contributed by atoms with van der Waals surface area (Å²) in [7, 11) is 4.06. The predicted molar refractivity (Wildman–Crippen MR) is 92.5 cm³/mol. The number of amides is 1. The highest BCUT2D eigenvalue weighted by molar-refractivity contribution is 7.99. The van der Waals surface area contributed by atoms with Gasteiger partial charge in [-0.05, 0) is 20.0 Å². The summed E-state index contributed by atoms with van der Waals surface area (Å²) in [5, 5.41) is 9.27. The minimum Gasteiger partial charge on any atom is -0.356 e. The zero-order valence-electron chi connectivity index (χ0n) is 14.4. The van der Waals surface area contributed by atoms with Gasteiger partial charge in [-0.15, -0.1) is 0 Å². The van der Waals surface area contributed by atoms with E-state index in [1.54, 1.807) is 0 Å². The quantitative estimate of drug-likeness (QED) is 0.744. The Hall–Kier alpha value is -0.260. The maximum Gasteiger partial charge on any atom is 0.216 e. The van der Waals surface area contributed by atoms with E-state index in [-0.39, 0.29) is 5.91 Å². The molecule has 3 N–H and O–H groups in total. The lowest BCUT2D eigenvalue weighted by Crippen LogP contribution is -2.43. The van der Waals surface area contributed by atoms with Gasteiger partial charge in [0.2, 0.25) is 5.91 Å². The van der Waals surface area contributed by atoms with Crippen LogP contribution >= 0.6 is 11.8 Å². The lowest BCUT2D eigenvalue weighted by molar-refractivity contribution is -0.119. The molecule has 0 aromatic heterocycles. The average Bonchev–Trinajstić information content (AvgIpc) is 2.85. The van der Waals surface area contributed by atoms with Crippen LogP contribution in [0.5, 0.6) is 0 Å². The third-order valence-corrected chi connectivity index (χ3v) is 3.77. The zero-order valence-corrected chi connectivity index (χ0v) is 15.2. The molecular weight excluding hydrogens is 270 g/mol. The van der Waals surface area contributed by atoms with Crippen LogP contribution in [0.1, 0.15) is 41.0 Å². The normalized spacial score (nSPS) is 20.6. The smallest absolute Gasteiger partial charge is 0.216 e. The molecule has 1 unspecified atom stereocenters. The highest BCUT2D eigenvalue weighted by Crippen LogP contribution is 2.17. The minimum atomic E-state index is 0.0544. The van der Waals surface area contributed by atoms with E-state index in [9.17, 15) is 4.79 Å². The summed E-state index contributed by atoms with van der Waals surface area (Å²) in [6, 6.07) is 1.36. The molecule has 5 heteroatoms. The Morgan fingerprint density at radius 3 is 1.75 bits per heavy atom. The van der Waals surface area contributed by atoms with Crippen molar-refractivity contribution in [3.8, 4) is 0 Å². The third-order valence-electron chi connectivity index (χ3n) is 2.58. The summed E-state index contributed by atoms with van der Waals surface area (Å²) in [5.41, 5.74) is 0. The monoisotopic (exact) mass is 305 g/mol. The number of hydrogen-bond donors (Lipinski definition) is 3. The Kier molecular flexibility index (Phi) is 16.7. The van der Waals surface area contributed by atoms with Crippen LogP contribution in [-0.4, -0.2) is 50.1 Å². The van der Waals surface area contributed by atoms with Crippen molar-refractivity contribution in [1.29, 1.82) is 0 Å². The molecule has 1 heterocycles. The van der Waals surface area contributed by atoms with Gasteiger partial charge in [-0.1, -0.05) is 34.1 Å². The Bertz CT molecular complexity index is 215. The van der Waals surface area contributed by atoms with E-state index in [1.165, 1.54) is 24.9 Å². The van der Waals surface area contributed by atoms with Crippen LogP contribution in [0.3, 0.4) is 0 Å². The largest absolute Gasteiger partial charge is 0.356 e. The number of carbonyl (C=O) groups is 1. The molecule has 1 aliphatic rings. The molecule has 122 valence electrons. The first-order chi connectivity index (χ1) is 9.42. The zero-order chi connectivity index (χ0) is 16.0. The van der Waals surface area contributed by atoms with Crippen molar-refractivity contribution >= 4 is 17.7 Å². The van der Waals surface area contributed by atoms with Crippen LogP contribution in [0.25, 0.3) is 0 Å². The molecule has 2 atom stereocenters. The maximum atomic E-state index is 10.2. The van der Waals surface area contributed by atoms with Crippen molar-refractivity contribution in [1.82, 2.24) is 16.0 Å². The van der Waals surface area contributed by atoms with Crippen LogP contribution in [-0.2, 0) is 4.79 Å². The fourth-order valence-corrected chi connectivity index (χ4v) is 2.91. The van der Waals surface area contributed by atoms with E-state index < -0.39 is 0 Å². The SMILES string of the molecule is CC(=O)NCC(C)C.CCC.CNC1CSC[C@@H]1NC. The Balaban J connectivity index is 0. The van der Waals surface area contributed by atoms with Crippen molar-refractivity contribution in [3.63, 3.8) is 0 Å². The molecule has 0 aromatic carbocycles. The highest BCUT2D eigenvalue weighted by Gasteiger charge is 2.24. The molecule has 0 saturated carbocycles. The topological polar surface area (TPSA) is 53.2 Å². The second kappa shape index (κ2) is 15.1. The fraction of sp³-hybridized carbons (Fsp3) is 0.933. The first kappa shape index (κ1) is 22.0. The number of likely N-dealkylation sites (N-methyl/N-ethyl adjacent to an activating group) is 2. The Morgan fingerprint density at radius 1 is 1.15 bits per heavy atom. The minimum absolute atomic E-state index is 0.0544. The van der Waals surface area contributed by atoms with Gasteiger partial charge in [0.1, 0.15) is 0 Å². The van der Waals surface area contributed by atoms with Crippen LogP contribution in [0.2, 0.25) is 0 Å². The Labute approximate surface area is 130 Å². The van der Waals surface area contributed by atoms with Gasteiger partial charge in [0.05, 0.1) is 0 Å². The number of thioether (sulfide) groups is 1. The molecule has 0 spiro atoms.